The Balaban J connectivity index is 1.63. The van der Waals surface area contributed by atoms with Crippen molar-refractivity contribution in [2.45, 2.75) is 59.2 Å². The van der Waals surface area contributed by atoms with Gasteiger partial charge in [0.05, 0.1) is 30.2 Å². The number of methoxy groups -OCH3 is 1. The molecule has 1 atom stereocenters. The van der Waals surface area contributed by atoms with E-state index in [1.807, 2.05) is 64.1 Å². The summed E-state index contributed by atoms with van der Waals surface area (Å²) >= 11 is 0. The lowest BCUT2D eigenvalue weighted by atomic mass is 9.68. The molecule has 1 aliphatic carbocycles. The third-order valence-corrected chi connectivity index (χ3v) is 8.30. The first kappa shape index (κ1) is 30.7. The van der Waals surface area contributed by atoms with Crippen LogP contribution in [-0.4, -0.2) is 12.9 Å². The van der Waals surface area contributed by atoms with E-state index >= 15 is 0 Å². The summed E-state index contributed by atoms with van der Waals surface area (Å²) in [4.78, 5) is 15.5. The van der Waals surface area contributed by atoms with E-state index in [4.69, 9.17) is 15.2 Å². The van der Waals surface area contributed by atoms with Crippen molar-refractivity contribution in [2.75, 3.05) is 12.0 Å². The van der Waals surface area contributed by atoms with E-state index in [9.17, 15) is 23.2 Å². The molecule has 0 spiro atoms. The molecule has 9 heteroatoms. The standard InChI is InChI=1S/C35H34F3N3O3/c1-20-14-22(19-44-26-12-10-25(43-5)11-13-26)21(2)27(15-20)31-28(18-39)33(40)41(24-8-6-23(7-9-24)35(36,37)38)29-16-34(3,4)17-30(42)32(29)31/h6-15,31H,16-17,19,40H2,1-5H3. The number of nitriles is 1. The zero-order chi connectivity index (χ0) is 32.0. The second-order valence-electron chi connectivity index (χ2n) is 12.1. The van der Waals surface area contributed by atoms with Crippen molar-refractivity contribution in [2.24, 2.45) is 11.1 Å². The number of ether oxygens (including phenoxy) is 2. The lowest BCUT2D eigenvalue weighted by Gasteiger charge is -2.44. The highest BCUT2D eigenvalue weighted by atomic mass is 19.4. The second kappa shape index (κ2) is 11.4. The molecule has 5 rings (SSSR count). The number of carbonyl (C=O) groups is 1. The molecule has 2 aliphatic rings. The summed E-state index contributed by atoms with van der Waals surface area (Å²) in [5.74, 6) is 0.624. The van der Waals surface area contributed by atoms with E-state index in [0.29, 0.717) is 34.9 Å². The summed E-state index contributed by atoms with van der Waals surface area (Å²) < 4.78 is 51.3. The number of alkyl halides is 3. The Hall–Kier alpha value is -4.71. The molecular weight excluding hydrogens is 567 g/mol. The fourth-order valence-corrected chi connectivity index (χ4v) is 6.16. The maximum absolute atomic E-state index is 14.0. The molecule has 3 aromatic rings. The number of halogens is 3. The molecule has 1 aliphatic heterocycles. The lowest BCUT2D eigenvalue weighted by molar-refractivity contribution is -0.137. The minimum atomic E-state index is -4.50. The number of Topliss-reactive ketones (excluding diaryl/α,β-unsaturated/α-hetero) is 1. The Kier molecular flexibility index (Phi) is 7.98. The highest BCUT2D eigenvalue weighted by Crippen LogP contribution is 2.51. The first-order valence-corrected chi connectivity index (χ1v) is 14.2. The van der Waals surface area contributed by atoms with E-state index in [1.54, 1.807) is 12.0 Å². The number of allylic oxidation sites excluding steroid dienone is 3. The van der Waals surface area contributed by atoms with E-state index in [2.05, 4.69) is 6.07 Å². The number of ketones is 1. The van der Waals surface area contributed by atoms with Crippen LogP contribution in [0.4, 0.5) is 18.9 Å². The van der Waals surface area contributed by atoms with Crippen molar-refractivity contribution in [3.05, 3.63) is 111 Å². The minimum Gasteiger partial charge on any atom is -0.497 e. The van der Waals surface area contributed by atoms with E-state index in [1.165, 1.54) is 12.1 Å². The normalized spacial score (nSPS) is 18.2. The van der Waals surface area contributed by atoms with Crippen LogP contribution in [0.15, 0.2) is 83.3 Å². The van der Waals surface area contributed by atoms with Crippen molar-refractivity contribution in [1.29, 1.82) is 5.26 Å². The number of nitrogens with zero attached hydrogens (tertiary/aromatic N) is 2. The van der Waals surface area contributed by atoms with Gasteiger partial charge in [-0.25, -0.2) is 0 Å². The van der Waals surface area contributed by atoms with Gasteiger partial charge in [0.25, 0.3) is 0 Å². The van der Waals surface area contributed by atoms with Gasteiger partial charge in [-0.05, 0) is 90.9 Å². The van der Waals surface area contributed by atoms with Crippen molar-refractivity contribution >= 4 is 11.5 Å². The predicted molar refractivity (Wildman–Crippen MR) is 162 cm³/mol. The van der Waals surface area contributed by atoms with Gasteiger partial charge in [0, 0.05) is 23.4 Å². The molecule has 0 bridgehead atoms. The van der Waals surface area contributed by atoms with E-state index in [-0.39, 0.29) is 30.2 Å². The molecule has 3 aromatic carbocycles. The molecule has 2 N–H and O–H groups in total. The summed E-state index contributed by atoms with van der Waals surface area (Å²) in [5, 5.41) is 10.5. The zero-order valence-corrected chi connectivity index (χ0v) is 25.3. The molecule has 0 fully saturated rings. The topological polar surface area (TPSA) is 88.6 Å². The van der Waals surface area contributed by atoms with Crippen LogP contribution in [0.2, 0.25) is 0 Å². The Morgan fingerprint density at radius 2 is 1.66 bits per heavy atom. The van der Waals surface area contributed by atoms with Crippen molar-refractivity contribution in [3.63, 3.8) is 0 Å². The number of hydrogen-bond donors (Lipinski definition) is 1. The molecule has 0 saturated carbocycles. The average molecular weight is 602 g/mol. The van der Waals surface area contributed by atoms with Gasteiger partial charge in [0.15, 0.2) is 5.78 Å². The smallest absolute Gasteiger partial charge is 0.416 e. The van der Waals surface area contributed by atoms with Gasteiger partial charge in [0.2, 0.25) is 0 Å². The number of carbonyl (C=O) groups excluding carboxylic acids is 1. The number of benzene rings is 3. The molecule has 0 saturated heterocycles. The average Bonchev–Trinajstić information content (AvgIpc) is 2.96. The monoisotopic (exact) mass is 601 g/mol. The first-order valence-electron chi connectivity index (χ1n) is 14.2. The van der Waals surface area contributed by atoms with Crippen LogP contribution in [-0.2, 0) is 17.6 Å². The maximum Gasteiger partial charge on any atom is 0.416 e. The zero-order valence-electron chi connectivity index (χ0n) is 25.3. The third kappa shape index (κ3) is 5.77. The van der Waals surface area contributed by atoms with Gasteiger partial charge >= 0.3 is 6.18 Å². The number of nitrogens with two attached hydrogens (primary N) is 1. The molecule has 1 heterocycles. The first-order chi connectivity index (χ1) is 20.7. The van der Waals surface area contributed by atoms with Crippen LogP contribution in [0.3, 0.4) is 0 Å². The van der Waals surface area contributed by atoms with Crippen molar-refractivity contribution in [1.82, 2.24) is 0 Å². The van der Waals surface area contributed by atoms with Crippen LogP contribution in [0, 0.1) is 30.6 Å². The molecular formula is C35H34F3N3O3. The number of hydrogen-bond acceptors (Lipinski definition) is 6. The SMILES string of the molecule is COc1ccc(OCc2cc(C)cc(C3C(C#N)=C(N)N(c4ccc(C(F)(F)F)cc4)C4=C3C(=O)CC(C)(C)C4)c2C)cc1. The van der Waals surface area contributed by atoms with Crippen LogP contribution in [0.5, 0.6) is 11.5 Å². The van der Waals surface area contributed by atoms with Gasteiger partial charge in [-0.2, -0.15) is 18.4 Å². The number of anilines is 1. The van der Waals surface area contributed by atoms with E-state index in [0.717, 1.165) is 34.4 Å². The molecule has 6 nitrogen and oxygen atoms in total. The molecule has 0 radical (unpaired) electrons. The predicted octanol–water partition coefficient (Wildman–Crippen LogP) is 7.85. The highest BCUT2D eigenvalue weighted by molar-refractivity contribution is 6.01. The van der Waals surface area contributed by atoms with E-state index < -0.39 is 23.1 Å². The molecule has 0 amide bonds. The lowest BCUT2D eigenvalue weighted by Crippen LogP contribution is -2.42. The van der Waals surface area contributed by atoms with Gasteiger partial charge in [-0.3, -0.25) is 9.69 Å². The van der Waals surface area contributed by atoms with Gasteiger partial charge < -0.3 is 15.2 Å². The van der Waals surface area contributed by atoms with Crippen LogP contribution < -0.4 is 20.1 Å². The number of rotatable bonds is 6. The Morgan fingerprint density at radius 3 is 2.25 bits per heavy atom. The van der Waals surface area contributed by atoms with Gasteiger partial charge in [0.1, 0.15) is 23.9 Å². The Labute approximate surface area is 255 Å². The summed E-state index contributed by atoms with van der Waals surface area (Å²) in [5.41, 5.74) is 10.5. The number of aryl methyl sites for hydroxylation is 1. The summed E-state index contributed by atoms with van der Waals surface area (Å²) in [7, 11) is 1.59. The second-order valence-corrected chi connectivity index (χ2v) is 12.1. The molecule has 44 heavy (non-hydrogen) atoms. The maximum atomic E-state index is 14.0. The van der Waals surface area contributed by atoms with Gasteiger partial charge in [-0.1, -0.05) is 31.5 Å². The van der Waals surface area contributed by atoms with Crippen LogP contribution in [0.1, 0.15) is 60.4 Å². The quantitative estimate of drug-likeness (QED) is 0.310. The third-order valence-electron chi connectivity index (χ3n) is 8.30. The summed E-state index contributed by atoms with van der Waals surface area (Å²) in [6.45, 7) is 8.08. The summed E-state index contributed by atoms with van der Waals surface area (Å²) in [6, 6.07) is 18.1. The fourth-order valence-electron chi connectivity index (χ4n) is 6.16. The summed E-state index contributed by atoms with van der Waals surface area (Å²) in [6.07, 6.45) is -3.79. The molecule has 1 unspecified atom stereocenters. The largest absolute Gasteiger partial charge is 0.497 e. The van der Waals surface area contributed by atoms with Crippen LogP contribution >= 0.6 is 0 Å². The van der Waals surface area contributed by atoms with Crippen molar-refractivity contribution in [3.8, 4) is 17.6 Å². The molecule has 0 aromatic heterocycles. The highest BCUT2D eigenvalue weighted by Gasteiger charge is 2.45. The van der Waals surface area contributed by atoms with Crippen LogP contribution in [0.25, 0.3) is 0 Å². The Bertz CT molecular complexity index is 1710. The van der Waals surface area contributed by atoms with Gasteiger partial charge in [-0.15, -0.1) is 0 Å². The minimum absolute atomic E-state index is 0.0958. The molecule has 228 valence electrons. The fraction of sp³-hybridized carbons (Fsp3) is 0.314. The Morgan fingerprint density at radius 1 is 1.02 bits per heavy atom. The van der Waals surface area contributed by atoms with Crippen molar-refractivity contribution < 1.29 is 27.4 Å².